The smallest absolute Gasteiger partial charge is 0.346 e. The lowest BCUT2D eigenvalue weighted by molar-refractivity contribution is 0.0703. The zero-order valence-electron chi connectivity index (χ0n) is 9.76. The van der Waals surface area contributed by atoms with Gasteiger partial charge in [0.2, 0.25) is 0 Å². The van der Waals surface area contributed by atoms with Crippen molar-refractivity contribution in [2.75, 3.05) is 0 Å². The number of benzene rings is 2. The summed E-state index contributed by atoms with van der Waals surface area (Å²) in [6.07, 6.45) is 0. The Kier molecular flexibility index (Phi) is 3.01. The molecule has 1 aromatic heterocycles. The quantitative estimate of drug-likeness (QED) is 0.727. The second kappa shape index (κ2) is 4.68. The van der Waals surface area contributed by atoms with Crippen LogP contribution in [0.4, 0.5) is 0 Å². The average Bonchev–Trinajstić information content (AvgIpc) is 2.78. The highest BCUT2D eigenvalue weighted by molar-refractivity contribution is 7.21. The van der Waals surface area contributed by atoms with Gasteiger partial charge in [0.15, 0.2) is 0 Å². The number of fused-ring (bicyclic) bond motifs is 1. The minimum atomic E-state index is -0.906. The fraction of sp³-hybridized carbons (Fsp3) is 0. The maximum absolute atomic E-state index is 11.4. The molecule has 0 saturated carbocycles. The summed E-state index contributed by atoms with van der Waals surface area (Å²) in [5, 5.41) is 10.9. The molecule has 0 radical (unpaired) electrons. The third kappa shape index (κ3) is 2.11. The van der Waals surface area contributed by atoms with Crippen LogP contribution in [0.15, 0.2) is 48.5 Å². The summed E-state index contributed by atoms with van der Waals surface area (Å²) in [6, 6.07) is 15.0. The van der Waals surface area contributed by atoms with E-state index in [1.165, 1.54) is 11.3 Å². The van der Waals surface area contributed by atoms with Crippen molar-refractivity contribution in [1.29, 1.82) is 0 Å². The third-order valence-corrected chi connectivity index (χ3v) is 4.28. The maximum Gasteiger partial charge on any atom is 0.346 e. The SMILES string of the molecule is O=C(O)c1sc2cc(Cl)ccc2c1-c1ccccc1. The third-order valence-electron chi connectivity index (χ3n) is 2.91. The molecular weight excluding hydrogens is 280 g/mol. The monoisotopic (exact) mass is 288 g/mol. The number of rotatable bonds is 2. The van der Waals surface area contributed by atoms with E-state index in [0.29, 0.717) is 9.90 Å². The summed E-state index contributed by atoms with van der Waals surface area (Å²) in [6.45, 7) is 0. The van der Waals surface area contributed by atoms with E-state index in [1.807, 2.05) is 36.4 Å². The molecule has 4 heteroatoms. The lowest BCUT2D eigenvalue weighted by atomic mass is 10.0. The van der Waals surface area contributed by atoms with E-state index in [4.69, 9.17) is 11.6 Å². The van der Waals surface area contributed by atoms with Crippen LogP contribution < -0.4 is 0 Å². The van der Waals surface area contributed by atoms with Crippen molar-refractivity contribution in [3.8, 4) is 11.1 Å². The molecule has 3 rings (SSSR count). The highest BCUT2D eigenvalue weighted by Gasteiger charge is 2.18. The van der Waals surface area contributed by atoms with Crippen LogP contribution in [0.5, 0.6) is 0 Å². The van der Waals surface area contributed by atoms with Crippen LogP contribution >= 0.6 is 22.9 Å². The van der Waals surface area contributed by atoms with E-state index in [0.717, 1.165) is 21.2 Å². The van der Waals surface area contributed by atoms with E-state index < -0.39 is 5.97 Å². The van der Waals surface area contributed by atoms with Gasteiger partial charge in [-0.25, -0.2) is 4.79 Å². The first kappa shape index (κ1) is 12.2. The molecule has 19 heavy (non-hydrogen) atoms. The van der Waals surface area contributed by atoms with Gasteiger partial charge >= 0.3 is 5.97 Å². The molecule has 2 aromatic carbocycles. The van der Waals surface area contributed by atoms with Crippen LogP contribution in [0, 0.1) is 0 Å². The average molecular weight is 289 g/mol. The van der Waals surface area contributed by atoms with E-state index in [9.17, 15) is 9.90 Å². The van der Waals surface area contributed by atoms with Crippen molar-refractivity contribution < 1.29 is 9.90 Å². The lowest BCUT2D eigenvalue weighted by Crippen LogP contribution is -1.94. The number of thiophene rings is 1. The summed E-state index contributed by atoms with van der Waals surface area (Å²) < 4.78 is 0.892. The van der Waals surface area contributed by atoms with Crippen LogP contribution in [0.3, 0.4) is 0 Å². The Labute approximate surface area is 118 Å². The lowest BCUT2D eigenvalue weighted by Gasteiger charge is -2.02. The number of aromatic carboxylic acids is 1. The Morgan fingerprint density at radius 2 is 1.84 bits per heavy atom. The molecule has 0 aliphatic rings. The predicted molar refractivity (Wildman–Crippen MR) is 79.2 cm³/mol. The van der Waals surface area contributed by atoms with Crippen LogP contribution in [0.2, 0.25) is 5.02 Å². The van der Waals surface area contributed by atoms with Crippen molar-refractivity contribution in [2.45, 2.75) is 0 Å². The van der Waals surface area contributed by atoms with E-state index in [-0.39, 0.29) is 0 Å². The van der Waals surface area contributed by atoms with Gasteiger partial charge in [0.25, 0.3) is 0 Å². The van der Waals surface area contributed by atoms with Gasteiger partial charge in [-0.3, -0.25) is 0 Å². The zero-order chi connectivity index (χ0) is 13.4. The summed E-state index contributed by atoms with van der Waals surface area (Å²) in [4.78, 5) is 11.8. The van der Waals surface area contributed by atoms with Crippen molar-refractivity contribution in [3.63, 3.8) is 0 Å². The first-order valence-corrected chi connectivity index (χ1v) is 6.87. The van der Waals surface area contributed by atoms with Gasteiger partial charge in [-0.1, -0.05) is 48.0 Å². The van der Waals surface area contributed by atoms with Crippen LogP contribution in [0.1, 0.15) is 9.67 Å². The molecule has 0 aliphatic heterocycles. The molecule has 0 atom stereocenters. The molecule has 0 saturated heterocycles. The second-order valence-electron chi connectivity index (χ2n) is 4.12. The standard InChI is InChI=1S/C15H9ClO2S/c16-10-6-7-11-12(8-10)19-14(15(17)18)13(11)9-4-2-1-3-5-9/h1-8H,(H,17,18). The number of carboxylic acids is 1. The largest absolute Gasteiger partial charge is 0.477 e. The topological polar surface area (TPSA) is 37.3 Å². The molecule has 0 aliphatic carbocycles. The van der Waals surface area contributed by atoms with E-state index >= 15 is 0 Å². The fourth-order valence-electron chi connectivity index (χ4n) is 2.11. The van der Waals surface area contributed by atoms with Gasteiger partial charge in [-0.2, -0.15) is 0 Å². The molecule has 1 heterocycles. The van der Waals surface area contributed by atoms with Gasteiger partial charge in [0, 0.05) is 20.7 Å². The molecule has 2 nitrogen and oxygen atoms in total. The number of hydrogen-bond donors (Lipinski definition) is 1. The molecular formula is C15H9ClO2S. The summed E-state index contributed by atoms with van der Waals surface area (Å²) in [7, 11) is 0. The minimum Gasteiger partial charge on any atom is -0.477 e. The van der Waals surface area contributed by atoms with Gasteiger partial charge in [-0.15, -0.1) is 11.3 Å². The minimum absolute atomic E-state index is 0.350. The fourth-order valence-corrected chi connectivity index (χ4v) is 3.45. The number of halogens is 1. The number of hydrogen-bond acceptors (Lipinski definition) is 2. The first-order chi connectivity index (χ1) is 9.16. The Balaban J connectivity index is 2.38. The zero-order valence-corrected chi connectivity index (χ0v) is 11.3. The molecule has 0 fully saturated rings. The van der Waals surface area contributed by atoms with Crippen LogP contribution in [-0.4, -0.2) is 11.1 Å². The molecule has 0 spiro atoms. The Bertz CT molecular complexity index is 762. The molecule has 0 amide bonds. The van der Waals surface area contributed by atoms with Crippen LogP contribution in [0.25, 0.3) is 21.2 Å². The molecule has 1 N–H and O–H groups in total. The van der Waals surface area contributed by atoms with Gasteiger partial charge in [0.1, 0.15) is 4.88 Å². The molecule has 0 unspecified atom stereocenters. The summed E-state index contributed by atoms with van der Waals surface area (Å²) in [5.74, 6) is -0.906. The molecule has 0 bridgehead atoms. The van der Waals surface area contributed by atoms with Crippen molar-refractivity contribution in [3.05, 3.63) is 58.4 Å². The highest BCUT2D eigenvalue weighted by atomic mass is 35.5. The van der Waals surface area contributed by atoms with Crippen LogP contribution in [-0.2, 0) is 0 Å². The summed E-state index contributed by atoms with van der Waals surface area (Å²) in [5.41, 5.74) is 1.68. The normalized spacial score (nSPS) is 10.8. The van der Waals surface area contributed by atoms with Crippen molar-refractivity contribution in [2.24, 2.45) is 0 Å². The Morgan fingerprint density at radius 3 is 2.53 bits per heavy atom. The van der Waals surface area contributed by atoms with Crippen molar-refractivity contribution in [1.82, 2.24) is 0 Å². The van der Waals surface area contributed by atoms with Gasteiger partial charge in [-0.05, 0) is 17.7 Å². The van der Waals surface area contributed by atoms with Gasteiger partial charge in [0.05, 0.1) is 0 Å². The number of carboxylic acid groups (broad SMARTS) is 1. The molecule has 3 aromatic rings. The Hall–Kier alpha value is -1.84. The first-order valence-electron chi connectivity index (χ1n) is 5.67. The molecule has 94 valence electrons. The van der Waals surface area contributed by atoms with Crippen molar-refractivity contribution >= 4 is 39.0 Å². The predicted octanol–water partition coefficient (Wildman–Crippen LogP) is 4.92. The van der Waals surface area contributed by atoms with Gasteiger partial charge < -0.3 is 5.11 Å². The second-order valence-corrected chi connectivity index (χ2v) is 5.61. The summed E-state index contributed by atoms with van der Waals surface area (Å²) >= 11 is 7.22. The van der Waals surface area contributed by atoms with E-state index in [2.05, 4.69) is 0 Å². The Morgan fingerprint density at radius 1 is 1.11 bits per heavy atom. The maximum atomic E-state index is 11.4. The highest BCUT2D eigenvalue weighted by Crippen LogP contribution is 2.39. The number of carbonyl (C=O) groups is 1. The van der Waals surface area contributed by atoms with E-state index in [1.54, 1.807) is 12.1 Å².